The number of hydrogen-bond acceptors (Lipinski definition) is 3. The van der Waals surface area contributed by atoms with Gasteiger partial charge in [-0.2, -0.15) is 0 Å². The monoisotopic (exact) mass is 315 g/mol. The first-order valence-electron chi connectivity index (χ1n) is 7.43. The van der Waals surface area contributed by atoms with Gasteiger partial charge in [0, 0.05) is 32.3 Å². The highest BCUT2D eigenvalue weighted by molar-refractivity contribution is 5.98. The third-order valence-electron chi connectivity index (χ3n) is 3.78. The molecule has 0 spiro atoms. The van der Waals surface area contributed by atoms with E-state index < -0.39 is 5.91 Å². The number of carbonyl (C=O) groups excluding carboxylic acids is 2. The Balaban J connectivity index is 2.06. The topological polar surface area (TPSA) is 97.4 Å². The van der Waals surface area contributed by atoms with E-state index in [-0.39, 0.29) is 18.4 Å². The first-order chi connectivity index (χ1) is 11.0. The van der Waals surface area contributed by atoms with Crippen molar-refractivity contribution in [2.24, 2.45) is 12.8 Å². The SMILES string of the molecule is Cn1cc(C(N)=O)cc1C(=O)NCC(CCO)c1ccccc1. The number of aromatic nitrogens is 1. The molecule has 0 bridgehead atoms. The lowest BCUT2D eigenvalue weighted by Gasteiger charge is -2.17. The minimum atomic E-state index is -0.568. The molecule has 122 valence electrons. The van der Waals surface area contributed by atoms with E-state index in [1.807, 2.05) is 30.3 Å². The zero-order valence-corrected chi connectivity index (χ0v) is 13.0. The standard InChI is InChI=1S/C17H21N3O3/c1-20-11-14(16(18)22)9-15(20)17(23)19-10-13(7-8-21)12-5-3-2-4-6-12/h2-6,9,11,13,21H,7-8,10H2,1H3,(H2,18,22)(H,19,23). The number of primary amides is 1. The summed E-state index contributed by atoms with van der Waals surface area (Å²) < 4.78 is 1.57. The molecule has 0 saturated carbocycles. The maximum absolute atomic E-state index is 12.3. The molecule has 0 aliphatic heterocycles. The van der Waals surface area contributed by atoms with E-state index in [0.29, 0.717) is 24.2 Å². The average molecular weight is 315 g/mol. The van der Waals surface area contributed by atoms with Gasteiger partial charge in [-0.3, -0.25) is 9.59 Å². The average Bonchev–Trinajstić information content (AvgIpc) is 2.94. The van der Waals surface area contributed by atoms with Crippen molar-refractivity contribution in [3.8, 4) is 0 Å². The van der Waals surface area contributed by atoms with Crippen molar-refractivity contribution < 1.29 is 14.7 Å². The van der Waals surface area contributed by atoms with Crippen LogP contribution in [0.1, 0.15) is 38.7 Å². The quantitative estimate of drug-likeness (QED) is 0.711. The largest absolute Gasteiger partial charge is 0.396 e. The van der Waals surface area contributed by atoms with Gasteiger partial charge in [0.15, 0.2) is 0 Å². The van der Waals surface area contributed by atoms with Crippen molar-refractivity contribution >= 4 is 11.8 Å². The van der Waals surface area contributed by atoms with Crippen LogP contribution < -0.4 is 11.1 Å². The number of aliphatic hydroxyl groups is 1. The Morgan fingerprint density at radius 1 is 1.30 bits per heavy atom. The van der Waals surface area contributed by atoms with Gasteiger partial charge in [-0.25, -0.2) is 0 Å². The van der Waals surface area contributed by atoms with Crippen LogP contribution in [0.3, 0.4) is 0 Å². The molecule has 1 unspecified atom stereocenters. The van der Waals surface area contributed by atoms with Gasteiger partial charge < -0.3 is 20.7 Å². The number of carbonyl (C=O) groups is 2. The van der Waals surface area contributed by atoms with Gasteiger partial charge >= 0.3 is 0 Å². The van der Waals surface area contributed by atoms with Gasteiger partial charge in [0.2, 0.25) is 5.91 Å². The summed E-state index contributed by atoms with van der Waals surface area (Å²) in [4.78, 5) is 23.5. The zero-order chi connectivity index (χ0) is 16.8. The van der Waals surface area contributed by atoms with Crippen LogP contribution in [-0.2, 0) is 7.05 Å². The van der Waals surface area contributed by atoms with Crippen LogP contribution in [0, 0.1) is 0 Å². The van der Waals surface area contributed by atoms with E-state index in [1.54, 1.807) is 11.6 Å². The molecular formula is C17H21N3O3. The number of rotatable bonds is 7. The molecule has 2 rings (SSSR count). The first kappa shape index (κ1) is 16.8. The summed E-state index contributed by atoms with van der Waals surface area (Å²) >= 11 is 0. The van der Waals surface area contributed by atoms with Gasteiger partial charge in [-0.1, -0.05) is 30.3 Å². The molecule has 6 heteroatoms. The number of benzene rings is 1. The molecule has 4 N–H and O–H groups in total. The normalized spacial score (nSPS) is 11.9. The minimum absolute atomic E-state index is 0.0287. The summed E-state index contributed by atoms with van der Waals surface area (Å²) in [6, 6.07) is 11.2. The molecule has 2 aromatic rings. The molecule has 1 aromatic carbocycles. The number of nitrogens with zero attached hydrogens (tertiary/aromatic N) is 1. The summed E-state index contributed by atoms with van der Waals surface area (Å²) in [7, 11) is 1.68. The Hall–Kier alpha value is -2.60. The fraction of sp³-hybridized carbons (Fsp3) is 0.294. The molecule has 6 nitrogen and oxygen atoms in total. The van der Waals surface area contributed by atoms with Gasteiger partial charge in [0.1, 0.15) is 5.69 Å². The number of aliphatic hydroxyl groups excluding tert-OH is 1. The fourth-order valence-corrected chi connectivity index (χ4v) is 2.50. The van der Waals surface area contributed by atoms with Crippen LogP contribution in [0.2, 0.25) is 0 Å². The van der Waals surface area contributed by atoms with Crippen molar-refractivity contribution in [1.82, 2.24) is 9.88 Å². The van der Waals surface area contributed by atoms with Crippen molar-refractivity contribution in [3.63, 3.8) is 0 Å². The van der Waals surface area contributed by atoms with Gasteiger partial charge in [0.25, 0.3) is 5.91 Å². The third-order valence-corrected chi connectivity index (χ3v) is 3.78. The second kappa shape index (κ2) is 7.60. The van der Waals surface area contributed by atoms with Crippen molar-refractivity contribution in [2.75, 3.05) is 13.2 Å². The maximum atomic E-state index is 12.3. The Bertz CT molecular complexity index is 680. The lowest BCUT2D eigenvalue weighted by atomic mass is 9.96. The molecule has 2 amide bonds. The Morgan fingerprint density at radius 2 is 2.00 bits per heavy atom. The molecule has 1 aromatic heterocycles. The van der Waals surface area contributed by atoms with E-state index in [2.05, 4.69) is 5.32 Å². The third kappa shape index (κ3) is 4.20. The highest BCUT2D eigenvalue weighted by Crippen LogP contribution is 2.18. The Morgan fingerprint density at radius 3 is 2.57 bits per heavy atom. The predicted octanol–water partition coefficient (Wildman–Crippen LogP) is 1.02. The van der Waals surface area contributed by atoms with E-state index in [4.69, 9.17) is 5.73 Å². The molecule has 1 heterocycles. The molecule has 0 saturated heterocycles. The molecule has 0 aliphatic carbocycles. The highest BCUT2D eigenvalue weighted by Gasteiger charge is 2.17. The van der Waals surface area contributed by atoms with Gasteiger partial charge in [0.05, 0.1) is 5.56 Å². The Kier molecular flexibility index (Phi) is 5.54. The van der Waals surface area contributed by atoms with E-state index >= 15 is 0 Å². The summed E-state index contributed by atoms with van der Waals surface area (Å²) in [6.45, 7) is 0.450. The minimum Gasteiger partial charge on any atom is -0.396 e. The van der Waals surface area contributed by atoms with E-state index in [0.717, 1.165) is 5.56 Å². The summed E-state index contributed by atoms with van der Waals surface area (Å²) in [6.07, 6.45) is 2.09. The van der Waals surface area contributed by atoms with Crippen LogP contribution in [0.4, 0.5) is 0 Å². The van der Waals surface area contributed by atoms with E-state index in [1.165, 1.54) is 12.3 Å². The van der Waals surface area contributed by atoms with Crippen molar-refractivity contribution in [3.05, 3.63) is 59.4 Å². The molecule has 1 atom stereocenters. The molecule has 0 aliphatic rings. The number of hydrogen-bond donors (Lipinski definition) is 3. The van der Waals surface area contributed by atoms with E-state index in [9.17, 15) is 14.7 Å². The number of nitrogens with one attached hydrogen (secondary N) is 1. The summed E-state index contributed by atoms with van der Waals surface area (Å²) in [5.41, 5.74) is 6.95. The van der Waals surface area contributed by atoms with Crippen molar-refractivity contribution in [2.45, 2.75) is 12.3 Å². The smallest absolute Gasteiger partial charge is 0.267 e. The van der Waals surface area contributed by atoms with Crippen LogP contribution >= 0.6 is 0 Å². The highest BCUT2D eigenvalue weighted by atomic mass is 16.3. The number of nitrogens with two attached hydrogens (primary N) is 1. The van der Waals surface area contributed by atoms with Crippen LogP contribution in [0.15, 0.2) is 42.6 Å². The number of aryl methyl sites for hydroxylation is 1. The maximum Gasteiger partial charge on any atom is 0.267 e. The molecule has 0 radical (unpaired) electrons. The zero-order valence-electron chi connectivity index (χ0n) is 13.0. The number of amides is 2. The van der Waals surface area contributed by atoms with Crippen molar-refractivity contribution in [1.29, 1.82) is 0 Å². The molecular weight excluding hydrogens is 294 g/mol. The second-order valence-corrected chi connectivity index (χ2v) is 5.42. The predicted molar refractivity (Wildman–Crippen MR) is 87.1 cm³/mol. The first-order valence-corrected chi connectivity index (χ1v) is 7.43. The van der Waals surface area contributed by atoms with Gasteiger partial charge in [-0.15, -0.1) is 0 Å². The Labute approximate surface area is 134 Å². The lowest BCUT2D eigenvalue weighted by molar-refractivity contribution is 0.0941. The molecule has 23 heavy (non-hydrogen) atoms. The summed E-state index contributed by atoms with van der Waals surface area (Å²) in [5.74, 6) is -0.818. The lowest BCUT2D eigenvalue weighted by Crippen LogP contribution is -2.30. The fourth-order valence-electron chi connectivity index (χ4n) is 2.50. The summed E-state index contributed by atoms with van der Waals surface area (Å²) in [5, 5.41) is 12.1. The molecule has 0 fully saturated rings. The van der Waals surface area contributed by atoms with Gasteiger partial charge in [-0.05, 0) is 18.1 Å². The van der Waals surface area contributed by atoms with Crippen LogP contribution in [-0.4, -0.2) is 34.6 Å². The second-order valence-electron chi connectivity index (χ2n) is 5.42. The van der Waals surface area contributed by atoms with Crippen LogP contribution in [0.25, 0.3) is 0 Å². The van der Waals surface area contributed by atoms with Crippen LogP contribution in [0.5, 0.6) is 0 Å².